The molecule has 3 N–H and O–H groups in total. The number of aliphatic hydroxyl groups excluding tert-OH is 1. The standard InChI is InChI=1S/C38H53N3O10S/c1-38(2,17-18-39-35(43)15-12-26-8-6-7-9-26)24-41(52(45,46)28-13-14-32-33(21-28)50-25-49-32)22-31(42)30(20-27-10-4-3-5-11-27)40-37(44)51-34-23-48-36-29(34)16-19-47-36/h3-5,10-11,13-14,21,26,29-31,34,36,42H,6-9,12,15-20,22-25H2,1-2H3,(H,39,43)(H,40,44)/t29-,30-,31+,34-,36+/m0/s1. The van der Waals surface area contributed by atoms with Gasteiger partial charge in [-0.25, -0.2) is 13.2 Å². The number of alkyl carbamates (subject to hydrolysis) is 1. The highest BCUT2D eigenvalue weighted by Gasteiger charge is 2.44. The molecule has 4 aliphatic rings. The van der Waals surface area contributed by atoms with Crippen LogP contribution in [0.1, 0.15) is 70.8 Å². The van der Waals surface area contributed by atoms with Gasteiger partial charge in [-0.2, -0.15) is 4.31 Å². The van der Waals surface area contributed by atoms with Crippen molar-refractivity contribution in [2.75, 3.05) is 39.6 Å². The normalized spacial score (nSPS) is 22.7. The van der Waals surface area contributed by atoms with Crippen LogP contribution in [0.3, 0.4) is 0 Å². The van der Waals surface area contributed by atoms with Crippen molar-refractivity contribution in [1.29, 1.82) is 0 Å². The molecule has 0 unspecified atom stereocenters. The summed E-state index contributed by atoms with van der Waals surface area (Å²) in [5.74, 6) is 1.33. The van der Waals surface area contributed by atoms with Crippen LogP contribution < -0.4 is 20.1 Å². The number of carbonyl (C=O) groups is 2. The minimum Gasteiger partial charge on any atom is -0.454 e. The number of nitrogens with zero attached hydrogens (tertiary/aromatic N) is 1. The zero-order valence-corrected chi connectivity index (χ0v) is 31.0. The van der Waals surface area contributed by atoms with Gasteiger partial charge in [-0.1, -0.05) is 69.9 Å². The summed E-state index contributed by atoms with van der Waals surface area (Å²) in [6.45, 7) is 4.71. The highest BCUT2D eigenvalue weighted by Crippen LogP contribution is 2.36. The van der Waals surface area contributed by atoms with E-state index in [2.05, 4.69) is 10.6 Å². The highest BCUT2D eigenvalue weighted by atomic mass is 32.2. The number of nitrogens with one attached hydrogen (secondary N) is 2. The van der Waals surface area contributed by atoms with E-state index in [1.54, 1.807) is 6.07 Å². The van der Waals surface area contributed by atoms with E-state index in [9.17, 15) is 23.1 Å². The molecule has 3 fully saturated rings. The van der Waals surface area contributed by atoms with Crippen molar-refractivity contribution in [1.82, 2.24) is 14.9 Å². The molecule has 2 aromatic carbocycles. The van der Waals surface area contributed by atoms with Crippen LogP contribution in [0.15, 0.2) is 53.4 Å². The van der Waals surface area contributed by atoms with Gasteiger partial charge in [0.15, 0.2) is 17.8 Å². The van der Waals surface area contributed by atoms with Gasteiger partial charge in [0.2, 0.25) is 22.7 Å². The second kappa shape index (κ2) is 17.1. The molecular weight excluding hydrogens is 690 g/mol. The predicted molar refractivity (Wildman–Crippen MR) is 191 cm³/mol. The maximum Gasteiger partial charge on any atom is 0.407 e. The quantitative estimate of drug-likeness (QED) is 0.212. The third kappa shape index (κ3) is 9.95. The number of fused-ring (bicyclic) bond motifs is 2. The molecule has 2 aromatic rings. The summed E-state index contributed by atoms with van der Waals surface area (Å²) in [5, 5.41) is 17.7. The van der Waals surface area contributed by atoms with Crippen LogP contribution in [-0.4, -0.2) is 94.0 Å². The van der Waals surface area contributed by atoms with Gasteiger partial charge in [0.1, 0.15) is 6.10 Å². The molecule has 13 nitrogen and oxygen atoms in total. The number of aliphatic hydroxyl groups is 1. The van der Waals surface area contributed by atoms with E-state index in [0.717, 1.165) is 12.0 Å². The van der Waals surface area contributed by atoms with Crippen molar-refractivity contribution in [3.8, 4) is 11.5 Å². The lowest BCUT2D eigenvalue weighted by molar-refractivity contribution is -0.121. The van der Waals surface area contributed by atoms with Gasteiger partial charge in [0.05, 0.1) is 36.2 Å². The summed E-state index contributed by atoms with van der Waals surface area (Å²) in [7, 11) is -4.20. The third-order valence-electron chi connectivity index (χ3n) is 10.7. The van der Waals surface area contributed by atoms with Gasteiger partial charge >= 0.3 is 6.09 Å². The average molecular weight is 744 g/mol. The van der Waals surface area contributed by atoms with Crippen molar-refractivity contribution < 1.29 is 46.8 Å². The number of benzene rings is 2. The Morgan fingerprint density at radius 3 is 2.60 bits per heavy atom. The van der Waals surface area contributed by atoms with Crippen molar-refractivity contribution in [2.24, 2.45) is 17.3 Å². The van der Waals surface area contributed by atoms with E-state index in [4.69, 9.17) is 23.7 Å². The van der Waals surface area contributed by atoms with Crippen molar-refractivity contribution in [3.63, 3.8) is 0 Å². The second-order valence-electron chi connectivity index (χ2n) is 15.2. The largest absolute Gasteiger partial charge is 0.454 e. The number of carbonyl (C=O) groups excluding carboxylic acids is 2. The Bertz CT molecular complexity index is 1620. The zero-order valence-electron chi connectivity index (χ0n) is 30.2. The van der Waals surface area contributed by atoms with Crippen molar-refractivity contribution in [3.05, 3.63) is 54.1 Å². The maximum atomic E-state index is 14.4. The lowest BCUT2D eigenvalue weighted by atomic mass is 9.89. The Kier molecular flexibility index (Phi) is 12.6. The van der Waals surface area contributed by atoms with Gasteiger partial charge in [-0.05, 0) is 54.7 Å². The zero-order chi connectivity index (χ0) is 36.7. The van der Waals surface area contributed by atoms with Crippen LogP contribution in [0.4, 0.5) is 4.79 Å². The molecule has 0 bridgehead atoms. The van der Waals surface area contributed by atoms with E-state index >= 15 is 0 Å². The second-order valence-corrected chi connectivity index (χ2v) is 17.2. The molecule has 286 valence electrons. The van der Waals surface area contributed by atoms with Crippen LogP contribution >= 0.6 is 0 Å². The first-order valence-corrected chi connectivity index (χ1v) is 20.0. The number of hydrogen-bond acceptors (Lipinski definition) is 10. The minimum absolute atomic E-state index is 0.00446. The molecule has 52 heavy (non-hydrogen) atoms. The van der Waals surface area contributed by atoms with Gasteiger partial charge < -0.3 is 39.4 Å². The highest BCUT2D eigenvalue weighted by molar-refractivity contribution is 7.89. The molecule has 0 radical (unpaired) electrons. The molecule has 3 aliphatic heterocycles. The van der Waals surface area contributed by atoms with Gasteiger partial charge in [-0.3, -0.25) is 4.79 Å². The molecule has 6 rings (SSSR count). The van der Waals surface area contributed by atoms with Crippen LogP contribution in [-0.2, 0) is 35.4 Å². The van der Waals surface area contributed by atoms with Gasteiger partial charge in [0.25, 0.3) is 0 Å². The molecule has 2 amide bonds. The summed E-state index contributed by atoms with van der Waals surface area (Å²) in [4.78, 5) is 25.9. The van der Waals surface area contributed by atoms with E-state index < -0.39 is 46.1 Å². The SMILES string of the molecule is CC(C)(CCNC(=O)CCC1CCCC1)CN(C[C@@H](O)[C@H](Cc1ccccc1)NC(=O)O[C@H]1CO[C@H]2OCC[C@H]21)S(=O)(=O)c1ccc2c(c1)OCO2. The molecule has 1 aliphatic carbocycles. The summed E-state index contributed by atoms with van der Waals surface area (Å²) in [5.41, 5.74) is 0.236. The molecular formula is C38H53N3O10S. The topological polar surface area (TPSA) is 162 Å². The van der Waals surface area contributed by atoms with E-state index in [1.165, 1.54) is 42.1 Å². The first-order chi connectivity index (χ1) is 25.0. The Hall–Kier alpha value is -3.43. The summed E-state index contributed by atoms with van der Waals surface area (Å²) in [6.07, 6.45) is 4.73. The number of ether oxygens (including phenoxy) is 5. The molecule has 0 spiro atoms. The molecule has 5 atom stereocenters. The van der Waals surface area contributed by atoms with Crippen LogP contribution in [0, 0.1) is 17.3 Å². The van der Waals surface area contributed by atoms with Crippen LogP contribution in [0.5, 0.6) is 11.5 Å². The lowest BCUT2D eigenvalue weighted by Gasteiger charge is -2.35. The third-order valence-corrected chi connectivity index (χ3v) is 12.5. The minimum atomic E-state index is -4.20. The number of sulfonamides is 1. The Labute approximate surface area is 306 Å². The summed E-state index contributed by atoms with van der Waals surface area (Å²) >= 11 is 0. The monoisotopic (exact) mass is 743 g/mol. The lowest BCUT2D eigenvalue weighted by Crippen LogP contribution is -2.52. The Morgan fingerprint density at radius 2 is 1.81 bits per heavy atom. The fourth-order valence-electron chi connectivity index (χ4n) is 7.61. The van der Waals surface area contributed by atoms with Crippen LogP contribution in [0.25, 0.3) is 0 Å². The van der Waals surface area contributed by atoms with E-state index in [1.807, 2.05) is 44.2 Å². The van der Waals surface area contributed by atoms with E-state index in [0.29, 0.717) is 49.8 Å². The first-order valence-electron chi connectivity index (χ1n) is 18.6. The summed E-state index contributed by atoms with van der Waals surface area (Å²) < 4.78 is 57.9. The molecule has 1 saturated carbocycles. The first kappa shape index (κ1) is 38.3. The maximum absolute atomic E-state index is 14.4. The number of rotatable bonds is 17. The Morgan fingerprint density at radius 1 is 1.04 bits per heavy atom. The summed E-state index contributed by atoms with van der Waals surface area (Å²) in [6, 6.07) is 12.9. The van der Waals surface area contributed by atoms with Crippen molar-refractivity contribution in [2.45, 2.75) is 101 Å². The fourth-order valence-corrected chi connectivity index (χ4v) is 9.27. The van der Waals surface area contributed by atoms with Crippen LogP contribution in [0.2, 0.25) is 0 Å². The van der Waals surface area contributed by atoms with Crippen molar-refractivity contribution >= 4 is 22.0 Å². The van der Waals surface area contributed by atoms with E-state index in [-0.39, 0.29) is 49.6 Å². The number of hydrogen-bond donors (Lipinski definition) is 3. The molecule has 0 aromatic heterocycles. The Balaban J connectivity index is 1.16. The molecule has 3 heterocycles. The average Bonchev–Trinajstić information content (AvgIpc) is 3.94. The van der Waals surface area contributed by atoms with Gasteiger partial charge in [-0.15, -0.1) is 0 Å². The van der Waals surface area contributed by atoms with Gasteiger partial charge in [0, 0.05) is 32.1 Å². The smallest absolute Gasteiger partial charge is 0.407 e. The molecule has 2 saturated heterocycles. The predicted octanol–water partition coefficient (Wildman–Crippen LogP) is 4.37. The fraction of sp³-hybridized carbons (Fsp3) is 0.632. The number of amides is 2. The molecule has 14 heteroatoms.